The van der Waals surface area contributed by atoms with E-state index in [0.29, 0.717) is 6.04 Å². The van der Waals surface area contributed by atoms with Crippen LogP contribution in [-0.4, -0.2) is 40.3 Å². The van der Waals surface area contributed by atoms with Crippen molar-refractivity contribution in [3.05, 3.63) is 36.5 Å². The fourth-order valence-electron chi connectivity index (χ4n) is 3.18. The Labute approximate surface area is 114 Å². The Morgan fingerprint density at radius 1 is 1.21 bits per heavy atom. The van der Waals surface area contributed by atoms with Crippen LogP contribution < -0.4 is 0 Å². The summed E-state index contributed by atoms with van der Waals surface area (Å²) in [6, 6.07) is 11.4. The van der Waals surface area contributed by atoms with E-state index in [9.17, 15) is 5.11 Å². The van der Waals surface area contributed by atoms with Gasteiger partial charge in [-0.15, -0.1) is 0 Å². The summed E-state index contributed by atoms with van der Waals surface area (Å²) in [6.45, 7) is 4.84. The number of rotatable bonds is 3. The first kappa shape index (κ1) is 12.7. The van der Waals surface area contributed by atoms with Crippen molar-refractivity contribution in [3.63, 3.8) is 0 Å². The lowest BCUT2D eigenvalue weighted by Crippen LogP contribution is -2.38. The van der Waals surface area contributed by atoms with Crippen LogP contribution in [0.15, 0.2) is 36.5 Å². The molecule has 0 saturated carbocycles. The number of aromatic nitrogens is 1. The summed E-state index contributed by atoms with van der Waals surface area (Å²) in [5, 5.41) is 10.8. The summed E-state index contributed by atoms with van der Waals surface area (Å²) >= 11 is 0. The normalized spacial score (nSPS) is 19.9. The van der Waals surface area contributed by atoms with Gasteiger partial charge in [-0.1, -0.05) is 18.2 Å². The number of hydrogen-bond acceptors (Lipinski definition) is 2. The summed E-state index contributed by atoms with van der Waals surface area (Å²) in [4.78, 5) is 2.37. The fraction of sp³-hybridized carbons (Fsp3) is 0.500. The van der Waals surface area contributed by atoms with Crippen LogP contribution in [0.2, 0.25) is 0 Å². The topological polar surface area (TPSA) is 28.4 Å². The van der Waals surface area contributed by atoms with Crippen LogP contribution in [0, 0.1) is 0 Å². The van der Waals surface area contributed by atoms with E-state index in [4.69, 9.17) is 0 Å². The summed E-state index contributed by atoms with van der Waals surface area (Å²) in [7, 11) is 0. The molecule has 0 aliphatic carbocycles. The molecule has 1 saturated heterocycles. The lowest BCUT2D eigenvalue weighted by molar-refractivity contribution is 0.102. The van der Waals surface area contributed by atoms with Gasteiger partial charge in [-0.3, -0.25) is 0 Å². The highest BCUT2D eigenvalue weighted by atomic mass is 16.3. The zero-order valence-electron chi connectivity index (χ0n) is 11.5. The van der Waals surface area contributed by atoms with Gasteiger partial charge in [0.25, 0.3) is 0 Å². The number of hydrogen-bond donors (Lipinski definition) is 1. The van der Waals surface area contributed by atoms with E-state index in [1.54, 1.807) is 0 Å². The second-order valence-corrected chi connectivity index (χ2v) is 5.66. The minimum absolute atomic E-state index is 0.219. The first-order valence-electron chi connectivity index (χ1n) is 7.20. The standard InChI is InChI=1S/C16H22N2O/c1-13(19)12-17-9-7-15(8-10-17)18-11-6-14-4-2-3-5-16(14)18/h2-6,11,13,15,19H,7-10,12H2,1H3. The Hall–Kier alpha value is -1.32. The van der Waals surface area contributed by atoms with Gasteiger partial charge in [0.15, 0.2) is 0 Å². The quantitative estimate of drug-likeness (QED) is 0.917. The monoisotopic (exact) mass is 258 g/mol. The van der Waals surface area contributed by atoms with Crippen molar-refractivity contribution in [1.82, 2.24) is 9.47 Å². The number of piperidine rings is 1. The second-order valence-electron chi connectivity index (χ2n) is 5.66. The molecule has 0 radical (unpaired) electrons. The van der Waals surface area contributed by atoms with Gasteiger partial charge in [0.2, 0.25) is 0 Å². The first-order chi connectivity index (χ1) is 9.24. The zero-order chi connectivity index (χ0) is 13.2. The molecule has 2 aromatic rings. The first-order valence-corrected chi connectivity index (χ1v) is 7.20. The van der Waals surface area contributed by atoms with Gasteiger partial charge in [0.1, 0.15) is 0 Å². The molecule has 0 amide bonds. The highest BCUT2D eigenvalue weighted by molar-refractivity contribution is 5.80. The van der Waals surface area contributed by atoms with E-state index in [1.807, 2.05) is 6.92 Å². The molecule has 1 aromatic carbocycles. The molecule has 1 unspecified atom stereocenters. The Bertz CT molecular complexity index is 538. The number of fused-ring (bicyclic) bond motifs is 1. The van der Waals surface area contributed by atoms with Crippen LogP contribution in [0.4, 0.5) is 0 Å². The van der Waals surface area contributed by atoms with Gasteiger partial charge in [-0.2, -0.15) is 0 Å². The van der Waals surface area contributed by atoms with Crippen LogP contribution >= 0.6 is 0 Å². The molecule has 1 atom stereocenters. The third-order valence-electron chi connectivity index (χ3n) is 4.10. The molecule has 1 aromatic heterocycles. The number of nitrogens with zero attached hydrogens (tertiary/aromatic N) is 2. The highest BCUT2D eigenvalue weighted by Gasteiger charge is 2.21. The molecule has 102 valence electrons. The van der Waals surface area contributed by atoms with Crippen molar-refractivity contribution in [2.24, 2.45) is 0 Å². The van der Waals surface area contributed by atoms with E-state index in [1.165, 1.54) is 23.7 Å². The molecular weight excluding hydrogens is 236 g/mol. The maximum Gasteiger partial charge on any atom is 0.0639 e. The molecule has 3 nitrogen and oxygen atoms in total. The summed E-state index contributed by atoms with van der Waals surface area (Å²) < 4.78 is 2.43. The molecule has 3 heteroatoms. The van der Waals surface area contributed by atoms with Gasteiger partial charge >= 0.3 is 0 Å². The predicted octanol–water partition coefficient (Wildman–Crippen LogP) is 2.66. The fourth-order valence-corrected chi connectivity index (χ4v) is 3.18. The zero-order valence-corrected chi connectivity index (χ0v) is 11.5. The number of aliphatic hydroxyl groups excluding tert-OH is 1. The molecule has 1 aliphatic rings. The third kappa shape index (κ3) is 2.67. The molecule has 1 aliphatic heterocycles. The van der Waals surface area contributed by atoms with Crippen molar-refractivity contribution < 1.29 is 5.11 Å². The van der Waals surface area contributed by atoms with Gasteiger partial charge in [0, 0.05) is 37.4 Å². The SMILES string of the molecule is CC(O)CN1CCC(n2ccc3ccccc32)CC1. The number of para-hydroxylation sites is 1. The van der Waals surface area contributed by atoms with E-state index in [-0.39, 0.29) is 6.10 Å². The number of benzene rings is 1. The Balaban J connectivity index is 1.71. The van der Waals surface area contributed by atoms with Gasteiger partial charge in [-0.25, -0.2) is 0 Å². The highest BCUT2D eigenvalue weighted by Crippen LogP contribution is 2.27. The van der Waals surface area contributed by atoms with Crippen molar-refractivity contribution in [2.45, 2.75) is 31.9 Å². The average Bonchev–Trinajstić information content (AvgIpc) is 2.83. The van der Waals surface area contributed by atoms with Gasteiger partial charge in [-0.05, 0) is 37.3 Å². The number of β-amino-alcohol motifs (C(OH)–C–C–N with tert-alkyl or cyclic N) is 1. The second kappa shape index (κ2) is 5.35. The Morgan fingerprint density at radius 2 is 1.95 bits per heavy atom. The molecule has 0 bridgehead atoms. The maximum atomic E-state index is 9.45. The van der Waals surface area contributed by atoms with Crippen molar-refractivity contribution in [2.75, 3.05) is 19.6 Å². The van der Waals surface area contributed by atoms with Crippen LogP contribution in [-0.2, 0) is 0 Å². The van der Waals surface area contributed by atoms with Crippen LogP contribution in [0.1, 0.15) is 25.8 Å². The van der Waals surface area contributed by atoms with Crippen molar-refractivity contribution >= 4 is 10.9 Å². The average molecular weight is 258 g/mol. The van der Waals surface area contributed by atoms with Crippen LogP contribution in [0.3, 0.4) is 0 Å². The summed E-state index contributed by atoms with van der Waals surface area (Å²) in [5.74, 6) is 0. The molecule has 0 spiro atoms. The molecule has 3 rings (SSSR count). The molecule has 1 N–H and O–H groups in total. The van der Waals surface area contributed by atoms with Crippen molar-refractivity contribution in [1.29, 1.82) is 0 Å². The van der Waals surface area contributed by atoms with E-state index >= 15 is 0 Å². The van der Waals surface area contributed by atoms with E-state index in [2.05, 4.69) is 46.0 Å². The lowest BCUT2D eigenvalue weighted by Gasteiger charge is -2.33. The van der Waals surface area contributed by atoms with Crippen LogP contribution in [0.5, 0.6) is 0 Å². The van der Waals surface area contributed by atoms with E-state index < -0.39 is 0 Å². The van der Waals surface area contributed by atoms with E-state index in [0.717, 1.165) is 19.6 Å². The molecule has 2 heterocycles. The van der Waals surface area contributed by atoms with Crippen LogP contribution in [0.25, 0.3) is 10.9 Å². The van der Waals surface area contributed by atoms with Gasteiger partial charge in [0.05, 0.1) is 6.10 Å². The number of likely N-dealkylation sites (tertiary alicyclic amines) is 1. The largest absolute Gasteiger partial charge is 0.392 e. The Morgan fingerprint density at radius 3 is 2.68 bits per heavy atom. The predicted molar refractivity (Wildman–Crippen MR) is 78.3 cm³/mol. The third-order valence-corrected chi connectivity index (χ3v) is 4.10. The smallest absolute Gasteiger partial charge is 0.0639 e. The minimum Gasteiger partial charge on any atom is -0.392 e. The minimum atomic E-state index is -0.219. The van der Waals surface area contributed by atoms with Crippen molar-refractivity contribution in [3.8, 4) is 0 Å². The summed E-state index contributed by atoms with van der Waals surface area (Å²) in [5.41, 5.74) is 1.34. The molecule has 1 fully saturated rings. The molecular formula is C16H22N2O. The summed E-state index contributed by atoms with van der Waals surface area (Å²) in [6.07, 6.45) is 4.35. The number of aliphatic hydroxyl groups is 1. The maximum absolute atomic E-state index is 9.45. The lowest BCUT2D eigenvalue weighted by atomic mass is 10.0. The Kier molecular flexibility index (Phi) is 3.58. The molecule has 19 heavy (non-hydrogen) atoms. The van der Waals surface area contributed by atoms with Gasteiger partial charge < -0.3 is 14.6 Å².